The average molecular weight is 319 g/mol. The van der Waals surface area contributed by atoms with Crippen LogP contribution in [0.1, 0.15) is 16.1 Å². The topological polar surface area (TPSA) is 95.6 Å². The number of benzene rings is 1. The van der Waals surface area contributed by atoms with Crippen molar-refractivity contribution in [2.24, 2.45) is 7.05 Å². The van der Waals surface area contributed by atoms with Crippen LogP contribution in [0.15, 0.2) is 30.5 Å². The van der Waals surface area contributed by atoms with E-state index in [0.29, 0.717) is 11.5 Å². The summed E-state index contributed by atoms with van der Waals surface area (Å²) < 4.78 is 11.8. The van der Waals surface area contributed by atoms with Gasteiger partial charge in [-0.1, -0.05) is 6.07 Å². The fourth-order valence-electron chi connectivity index (χ4n) is 2.14. The summed E-state index contributed by atoms with van der Waals surface area (Å²) in [5, 5.41) is 13.5. The lowest BCUT2D eigenvalue weighted by Gasteiger charge is -2.10. The van der Waals surface area contributed by atoms with Gasteiger partial charge in [-0.15, -0.1) is 0 Å². The van der Waals surface area contributed by atoms with E-state index < -0.39 is 10.8 Å². The minimum Gasteiger partial charge on any atom is -0.493 e. The van der Waals surface area contributed by atoms with Gasteiger partial charge in [0.05, 0.1) is 25.3 Å². The van der Waals surface area contributed by atoms with E-state index in [2.05, 4.69) is 5.32 Å². The van der Waals surface area contributed by atoms with Crippen LogP contribution in [0.5, 0.6) is 11.5 Å². The van der Waals surface area contributed by atoms with Crippen LogP contribution in [0.2, 0.25) is 0 Å². The highest BCUT2D eigenvalue weighted by Crippen LogP contribution is 2.27. The molecule has 1 heterocycles. The van der Waals surface area contributed by atoms with Gasteiger partial charge in [0.25, 0.3) is 11.6 Å². The molecule has 1 aromatic heterocycles. The Labute approximate surface area is 132 Å². The number of aryl methyl sites for hydroxylation is 1. The highest BCUT2D eigenvalue weighted by molar-refractivity contribution is 5.93. The molecule has 0 spiro atoms. The van der Waals surface area contributed by atoms with E-state index in [1.54, 1.807) is 32.4 Å². The molecule has 0 bridgehead atoms. The van der Waals surface area contributed by atoms with E-state index >= 15 is 0 Å². The highest BCUT2D eigenvalue weighted by Gasteiger charge is 2.17. The molecule has 0 fully saturated rings. The standard InChI is InChI=1S/C15H17N3O5/c1-17-9-11(18(20)21)7-12(17)15(19)16-8-10-4-5-13(22-2)14(6-10)23-3/h4-7,9H,8H2,1-3H3,(H,16,19). The Balaban J connectivity index is 2.08. The number of carbonyl (C=O) groups excluding carboxylic acids is 1. The fraction of sp³-hybridized carbons (Fsp3) is 0.267. The maximum Gasteiger partial charge on any atom is 0.287 e. The molecule has 0 atom stereocenters. The molecule has 0 saturated carbocycles. The lowest BCUT2D eigenvalue weighted by atomic mass is 10.2. The normalized spacial score (nSPS) is 10.2. The molecule has 8 heteroatoms. The van der Waals surface area contributed by atoms with Gasteiger partial charge >= 0.3 is 0 Å². The van der Waals surface area contributed by atoms with Crippen LogP contribution in [0.25, 0.3) is 0 Å². The van der Waals surface area contributed by atoms with Gasteiger partial charge in [0.2, 0.25) is 0 Å². The monoisotopic (exact) mass is 319 g/mol. The van der Waals surface area contributed by atoms with E-state index in [1.807, 2.05) is 0 Å². The van der Waals surface area contributed by atoms with Gasteiger partial charge in [-0.25, -0.2) is 0 Å². The molecular weight excluding hydrogens is 302 g/mol. The predicted molar refractivity (Wildman–Crippen MR) is 82.8 cm³/mol. The third kappa shape index (κ3) is 3.60. The zero-order valence-corrected chi connectivity index (χ0v) is 13.0. The van der Waals surface area contributed by atoms with Gasteiger partial charge < -0.3 is 19.4 Å². The second-order valence-corrected chi connectivity index (χ2v) is 4.82. The molecule has 0 radical (unpaired) electrons. The first-order chi connectivity index (χ1) is 11.0. The number of carbonyl (C=O) groups is 1. The number of hydrogen-bond donors (Lipinski definition) is 1. The summed E-state index contributed by atoms with van der Waals surface area (Å²) in [6, 6.07) is 6.54. The van der Waals surface area contributed by atoms with Crippen molar-refractivity contribution >= 4 is 11.6 Å². The third-order valence-electron chi connectivity index (χ3n) is 3.33. The van der Waals surface area contributed by atoms with Gasteiger partial charge in [0, 0.05) is 19.7 Å². The minimum atomic E-state index is -0.537. The molecule has 2 rings (SSSR count). The summed E-state index contributed by atoms with van der Waals surface area (Å²) in [5.74, 6) is 0.768. The summed E-state index contributed by atoms with van der Waals surface area (Å²) in [5.41, 5.74) is 0.917. The molecule has 0 aliphatic heterocycles. The first-order valence-electron chi connectivity index (χ1n) is 6.76. The summed E-state index contributed by atoms with van der Waals surface area (Å²) in [4.78, 5) is 22.3. The van der Waals surface area contributed by atoms with E-state index in [-0.39, 0.29) is 17.9 Å². The Hall–Kier alpha value is -3.03. The molecule has 1 amide bonds. The quantitative estimate of drug-likeness (QED) is 0.648. The summed E-state index contributed by atoms with van der Waals surface area (Å²) in [6.07, 6.45) is 1.30. The molecule has 1 aromatic carbocycles. The molecule has 8 nitrogen and oxygen atoms in total. The third-order valence-corrected chi connectivity index (χ3v) is 3.33. The lowest BCUT2D eigenvalue weighted by Crippen LogP contribution is -2.24. The van der Waals surface area contributed by atoms with Crippen LogP contribution in [-0.2, 0) is 13.6 Å². The van der Waals surface area contributed by atoms with Crippen molar-refractivity contribution < 1.29 is 19.2 Å². The van der Waals surface area contributed by atoms with Crippen LogP contribution < -0.4 is 14.8 Å². The van der Waals surface area contributed by atoms with Crippen molar-refractivity contribution in [2.45, 2.75) is 6.54 Å². The molecule has 122 valence electrons. The average Bonchev–Trinajstić information content (AvgIpc) is 2.94. The first-order valence-corrected chi connectivity index (χ1v) is 6.76. The molecule has 23 heavy (non-hydrogen) atoms. The number of aromatic nitrogens is 1. The predicted octanol–water partition coefficient (Wildman–Crippen LogP) is 1.88. The zero-order valence-electron chi connectivity index (χ0n) is 13.0. The number of hydrogen-bond acceptors (Lipinski definition) is 5. The molecule has 0 unspecified atom stereocenters. The van der Waals surface area contributed by atoms with Crippen LogP contribution in [-0.4, -0.2) is 29.6 Å². The van der Waals surface area contributed by atoms with E-state index in [1.165, 1.54) is 23.9 Å². The van der Waals surface area contributed by atoms with Crippen molar-refractivity contribution in [3.8, 4) is 11.5 Å². The largest absolute Gasteiger partial charge is 0.493 e. The second-order valence-electron chi connectivity index (χ2n) is 4.82. The van der Waals surface area contributed by atoms with Crippen molar-refractivity contribution in [3.05, 3.63) is 51.8 Å². The number of nitrogens with one attached hydrogen (secondary N) is 1. The lowest BCUT2D eigenvalue weighted by molar-refractivity contribution is -0.384. The van der Waals surface area contributed by atoms with Crippen molar-refractivity contribution in [1.29, 1.82) is 0 Å². The van der Waals surface area contributed by atoms with Gasteiger partial charge in [-0.05, 0) is 17.7 Å². The van der Waals surface area contributed by atoms with Gasteiger partial charge in [0.15, 0.2) is 11.5 Å². The van der Waals surface area contributed by atoms with E-state index in [9.17, 15) is 14.9 Å². The SMILES string of the molecule is COc1ccc(CNC(=O)c2cc([N+](=O)[O-])cn2C)cc1OC. The summed E-state index contributed by atoms with van der Waals surface area (Å²) in [6.45, 7) is 0.262. The molecule has 0 aliphatic carbocycles. The van der Waals surface area contributed by atoms with E-state index in [0.717, 1.165) is 5.56 Å². The van der Waals surface area contributed by atoms with Crippen LogP contribution in [0.4, 0.5) is 5.69 Å². The number of methoxy groups -OCH3 is 2. The Morgan fingerprint density at radius 2 is 1.96 bits per heavy atom. The fourth-order valence-corrected chi connectivity index (χ4v) is 2.14. The molecular formula is C15H17N3O5. The highest BCUT2D eigenvalue weighted by atomic mass is 16.6. The van der Waals surface area contributed by atoms with Crippen molar-refractivity contribution in [2.75, 3.05) is 14.2 Å². The van der Waals surface area contributed by atoms with Crippen LogP contribution >= 0.6 is 0 Å². The zero-order chi connectivity index (χ0) is 17.0. The maximum absolute atomic E-state index is 12.1. The Bertz CT molecular complexity index is 739. The first kappa shape index (κ1) is 16.3. The number of nitro groups is 1. The van der Waals surface area contributed by atoms with Crippen molar-refractivity contribution in [3.63, 3.8) is 0 Å². The second kappa shape index (κ2) is 6.82. The smallest absolute Gasteiger partial charge is 0.287 e. The summed E-state index contributed by atoms with van der Waals surface area (Å²) >= 11 is 0. The number of ether oxygens (including phenoxy) is 2. The Morgan fingerprint density at radius 1 is 1.26 bits per heavy atom. The minimum absolute atomic E-state index is 0.122. The Kier molecular flexibility index (Phi) is 4.85. The molecule has 2 aromatic rings. The Morgan fingerprint density at radius 3 is 2.52 bits per heavy atom. The maximum atomic E-state index is 12.1. The van der Waals surface area contributed by atoms with Gasteiger partial charge in [0.1, 0.15) is 5.69 Å². The van der Waals surface area contributed by atoms with Crippen LogP contribution in [0.3, 0.4) is 0 Å². The number of rotatable bonds is 6. The van der Waals surface area contributed by atoms with Gasteiger partial charge in [-0.3, -0.25) is 14.9 Å². The van der Waals surface area contributed by atoms with Crippen molar-refractivity contribution in [1.82, 2.24) is 9.88 Å². The number of amides is 1. The number of nitrogens with zero attached hydrogens (tertiary/aromatic N) is 2. The van der Waals surface area contributed by atoms with Crippen LogP contribution in [0, 0.1) is 10.1 Å². The van der Waals surface area contributed by atoms with Gasteiger partial charge in [-0.2, -0.15) is 0 Å². The van der Waals surface area contributed by atoms with E-state index in [4.69, 9.17) is 9.47 Å². The molecule has 0 aliphatic rings. The molecule has 1 N–H and O–H groups in total. The summed E-state index contributed by atoms with van der Waals surface area (Å²) in [7, 11) is 4.66. The molecule has 0 saturated heterocycles.